The first-order chi connectivity index (χ1) is 18.3. The predicted molar refractivity (Wildman–Crippen MR) is 135 cm³/mol. The van der Waals surface area contributed by atoms with Crippen LogP contribution in [0.25, 0.3) is 5.69 Å². The van der Waals surface area contributed by atoms with Crippen LogP contribution in [0.1, 0.15) is 40.2 Å². The lowest BCUT2D eigenvalue weighted by molar-refractivity contribution is -0.141. The normalized spacial score (nSPS) is 19.4. The largest absolute Gasteiger partial charge is 0.497 e. The fourth-order valence-corrected chi connectivity index (χ4v) is 5.62. The maximum Gasteiger partial charge on any atom is 0.435 e. The molecule has 0 bridgehead atoms. The summed E-state index contributed by atoms with van der Waals surface area (Å²) in [6.45, 7) is 4.54. The van der Waals surface area contributed by atoms with Gasteiger partial charge in [-0.3, -0.25) is 9.69 Å². The van der Waals surface area contributed by atoms with Crippen LogP contribution in [0, 0.1) is 0 Å². The zero-order chi connectivity index (χ0) is 26.5. The molecule has 10 heteroatoms. The number of nitrogens with zero attached hydrogens (tertiary/aromatic N) is 4. The van der Waals surface area contributed by atoms with Crippen LogP contribution < -0.4 is 9.64 Å². The Bertz CT molecular complexity index is 1330. The molecule has 38 heavy (non-hydrogen) atoms. The summed E-state index contributed by atoms with van der Waals surface area (Å²) in [5.74, 6) is 0.0631. The van der Waals surface area contributed by atoms with Crippen molar-refractivity contribution in [2.75, 3.05) is 51.4 Å². The Hall–Kier alpha value is -3.37. The third kappa shape index (κ3) is 4.45. The van der Waals surface area contributed by atoms with Gasteiger partial charge in [0.05, 0.1) is 26.0 Å². The lowest BCUT2D eigenvalue weighted by Gasteiger charge is -2.31. The highest BCUT2D eigenvalue weighted by Gasteiger charge is 2.46. The summed E-state index contributed by atoms with van der Waals surface area (Å²) in [6.07, 6.45) is -2.35. The molecule has 3 aliphatic rings. The van der Waals surface area contributed by atoms with Crippen molar-refractivity contribution in [1.29, 1.82) is 0 Å². The van der Waals surface area contributed by atoms with E-state index in [2.05, 4.69) is 22.1 Å². The van der Waals surface area contributed by atoms with Crippen LogP contribution in [0.3, 0.4) is 0 Å². The number of fused-ring (bicyclic) bond motifs is 1. The molecule has 0 atom stereocenters. The van der Waals surface area contributed by atoms with Gasteiger partial charge in [-0.05, 0) is 61.2 Å². The van der Waals surface area contributed by atoms with Gasteiger partial charge >= 0.3 is 6.18 Å². The summed E-state index contributed by atoms with van der Waals surface area (Å²) in [4.78, 5) is 17.7. The van der Waals surface area contributed by atoms with Crippen molar-refractivity contribution in [3.8, 4) is 11.4 Å². The molecule has 3 heterocycles. The highest BCUT2D eigenvalue weighted by atomic mass is 19.4. The second-order valence-electron chi connectivity index (χ2n) is 10.2. The molecule has 2 aliphatic heterocycles. The van der Waals surface area contributed by atoms with Gasteiger partial charge in [-0.1, -0.05) is 12.1 Å². The molecule has 1 amide bonds. The molecule has 0 spiro atoms. The van der Waals surface area contributed by atoms with Crippen molar-refractivity contribution < 1.29 is 27.4 Å². The number of carbonyl (C=O) groups excluding carboxylic acids is 1. The first-order valence-corrected chi connectivity index (χ1v) is 12.9. The lowest BCUT2D eigenvalue weighted by atomic mass is 9.94. The number of methoxy groups -OCH3 is 1. The molecule has 0 unspecified atom stereocenters. The number of hydrogen-bond donors (Lipinski definition) is 0. The van der Waals surface area contributed by atoms with Crippen LogP contribution in [-0.4, -0.2) is 67.1 Å². The smallest absolute Gasteiger partial charge is 0.435 e. The molecule has 7 nitrogen and oxygen atoms in total. The molecule has 0 N–H and O–H groups in total. The lowest BCUT2D eigenvalue weighted by Crippen LogP contribution is -2.41. The molecule has 200 valence electrons. The number of hydrogen-bond acceptors (Lipinski definition) is 5. The predicted octanol–water partition coefficient (Wildman–Crippen LogP) is 4.47. The van der Waals surface area contributed by atoms with E-state index in [1.54, 1.807) is 29.2 Å². The van der Waals surface area contributed by atoms with Crippen molar-refractivity contribution in [2.45, 2.75) is 30.9 Å². The van der Waals surface area contributed by atoms with Crippen LogP contribution in [0.2, 0.25) is 0 Å². The monoisotopic (exact) mass is 526 g/mol. The number of halogens is 3. The quantitative estimate of drug-likeness (QED) is 0.475. The van der Waals surface area contributed by atoms with Gasteiger partial charge in [0.1, 0.15) is 11.4 Å². The minimum absolute atomic E-state index is 0.0520. The minimum Gasteiger partial charge on any atom is -0.497 e. The van der Waals surface area contributed by atoms with E-state index in [0.29, 0.717) is 17.1 Å². The van der Waals surface area contributed by atoms with Gasteiger partial charge in [-0.25, -0.2) is 4.68 Å². The Morgan fingerprint density at radius 1 is 0.974 bits per heavy atom. The third-order valence-corrected chi connectivity index (χ3v) is 7.88. The highest BCUT2D eigenvalue weighted by Crippen LogP contribution is 2.49. The van der Waals surface area contributed by atoms with Crippen molar-refractivity contribution in [1.82, 2.24) is 14.7 Å². The Morgan fingerprint density at radius 3 is 2.24 bits per heavy atom. The second-order valence-corrected chi connectivity index (χ2v) is 10.2. The second kappa shape index (κ2) is 9.43. The van der Waals surface area contributed by atoms with E-state index in [-0.39, 0.29) is 29.6 Å². The van der Waals surface area contributed by atoms with Crippen LogP contribution >= 0.6 is 0 Å². The average molecular weight is 527 g/mol. The van der Waals surface area contributed by atoms with Crippen molar-refractivity contribution in [3.63, 3.8) is 0 Å². The SMILES string of the molecule is COc1ccc(-n2nc(C(F)(F)F)c3c2C(=O)N(c2ccc(C4(CN5CCOCC5)CC4)cc2)CC3)cc1. The van der Waals surface area contributed by atoms with E-state index < -0.39 is 17.8 Å². The van der Waals surface area contributed by atoms with E-state index in [1.165, 1.54) is 12.7 Å². The number of ether oxygens (including phenoxy) is 2. The molecular formula is C28H29F3N4O3. The number of rotatable bonds is 6. The van der Waals surface area contributed by atoms with Gasteiger partial charge in [0, 0.05) is 42.8 Å². The Morgan fingerprint density at radius 2 is 1.63 bits per heavy atom. The molecule has 3 aromatic rings. The molecule has 1 aliphatic carbocycles. The van der Waals surface area contributed by atoms with E-state index in [0.717, 1.165) is 50.4 Å². The zero-order valence-corrected chi connectivity index (χ0v) is 21.1. The fraction of sp³-hybridized carbons (Fsp3) is 0.429. The van der Waals surface area contributed by atoms with E-state index >= 15 is 0 Å². The Labute approximate surface area is 218 Å². The van der Waals surface area contributed by atoms with Gasteiger partial charge in [0.15, 0.2) is 5.69 Å². The summed E-state index contributed by atoms with van der Waals surface area (Å²) >= 11 is 0. The number of alkyl halides is 3. The first-order valence-electron chi connectivity index (χ1n) is 12.9. The van der Waals surface area contributed by atoms with Crippen molar-refractivity contribution >= 4 is 11.6 Å². The molecule has 2 fully saturated rings. The molecule has 1 aromatic heterocycles. The average Bonchev–Trinajstić information content (AvgIpc) is 3.59. The molecule has 0 radical (unpaired) electrons. The summed E-state index contributed by atoms with van der Waals surface area (Å²) in [6, 6.07) is 14.4. The highest BCUT2D eigenvalue weighted by molar-refractivity contribution is 6.07. The summed E-state index contributed by atoms with van der Waals surface area (Å²) < 4.78 is 53.4. The zero-order valence-electron chi connectivity index (χ0n) is 21.1. The summed E-state index contributed by atoms with van der Waals surface area (Å²) in [7, 11) is 1.51. The molecule has 2 aromatic carbocycles. The standard InChI is InChI=1S/C28H29F3N4O3/c1-37-22-8-6-21(7-9-22)35-24-23(25(32-35)28(29,30)31)10-13-34(26(24)36)20-4-2-19(3-5-20)27(11-12-27)18-33-14-16-38-17-15-33/h2-9H,10-18H2,1H3. The van der Waals surface area contributed by atoms with Crippen molar-refractivity contribution in [3.05, 3.63) is 71.0 Å². The molecule has 1 saturated heterocycles. The summed E-state index contributed by atoms with van der Waals surface area (Å²) in [5.41, 5.74) is 1.27. The van der Waals surface area contributed by atoms with E-state index in [1.807, 2.05) is 12.1 Å². The van der Waals surface area contributed by atoms with Gasteiger partial charge in [-0.2, -0.15) is 18.3 Å². The van der Waals surface area contributed by atoms with Gasteiger partial charge < -0.3 is 14.4 Å². The Balaban J connectivity index is 1.29. The van der Waals surface area contributed by atoms with Gasteiger partial charge in [0.25, 0.3) is 5.91 Å². The molecule has 6 rings (SSSR count). The van der Waals surface area contributed by atoms with Crippen LogP contribution in [0.4, 0.5) is 18.9 Å². The fourth-order valence-electron chi connectivity index (χ4n) is 5.62. The molecule has 1 saturated carbocycles. The summed E-state index contributed by atoms with van der Waals surface area (Å²) in [5, 5.41) is 3.87. The minimum atomic E-state index is -4.66. The van der Waals surface area contributed by atoms with E-state index in [9.17, 15) is 18.0 Å². The Kier molecular flexibility index (Phi) is 6.19. The number of benzene rings is 2. The van der Waals surface area contributed by atoms with Gasteiger partial charge in [-0.15, -0.1) is 0 Å². The van der Waals surface area contributed by atoms with Crippen molar-refractivity contribution in [2.24, 2.45) is 0 Å². The number of carbonyl (C=O) groups is 1. The van der Waals surface area contributed by atoms with Gasteiger partial charge in [0.2, 0.25) is 0 Å². The van der Waals surface area contributed by atoms with E-state index in [4.69, 9.17) is 9.47 Å². The van der Waals surface area contributed by atoms with Crippen LogP contribution in [0.5, 0.6) is 5.75 Å². The van der Waals surface area contributed by atoms with Crippen LogP contribution in [0.15, 0.2) is 48.5 Å². The number of morpholine rings is 1. The number of amides is 1. The first kappa shape index (κ1) is 24.9. The third-order valence-electron chi connectivity index (χ3n) is 7.88. The van der Waals surface area contributed by atoms with Crippen LogP contribution in [-0.2, 0) is 22.7 Å². The number of aromatic nitrogens is 2. The topological polar surface area (TPSA) is 59.8 Å². The maximum absolute atomic E-state index is 13.9. The number of anilines is 1. The maximum atomic E-state index is 13.9. The molecular weight excluding hydrogens is 497 g/mol.